The van der Waals surface area contributed by atoms with E-state index in [1.807, 2.05) is 48.5 Å². The van der Waals surface area contributed by atoms with E-state index >= 15 is 0 Å². The van der Waals surface area contributed by atoms with Gasteiger partial charge in [0.15, 0.2) is 0 Å². The number of carbonyl (C=O) groups is 1. The van der Waals surface area contributed by atoms with Crippen LogP contribution in [0.2, 0.25) is 0 Å². The molecule has 168 valence electrons. The van der Waals surface area contributed by atoms with Crippen LogP contribution in [-0.4, -0.2) is 19.2 Å². The quantitative estimate of drug-likeness (QED) is 0.307. The minimum absolute atomic E-state index is 0.0938. The number of benzene rings is 3. The Bertz CT molecular complexity index is 1040. The monoisotopic (exact) mass is 512 g/mol. The van der Waals surface area contributed by atoms with E-state index in [0.717, 1.165) is 25.7 Å². The first kappa shape index (κ1) is 24.2. The Morgan fingerprint density at radius 3 is 2.44 bits per heavy atom. The molecule has 2 N–H and O–H groups in total. The molecule has 0 radical (unpaired) electrons. The van der Waals surface area contributed by atoms with Crippen LogP contribution in [0.5, 0.6) is 5.75 Å². The van der Waals surface area contributed by atoms with Gasteiger partial charge in [0.25, 0.3) is 0 Å². The van der Waals surface area contributed by atoms with Crippen LogP contribution in [0.3, 0.4) is 0 Å². The third kappa shape index (κ3) is 7.31. The predicted octanol–water partition coefficient (Wildman–Crippen LogP) is 7.49. The molecule has 0 heterocycles. The Kier molecular flexibility index (Phi) is 8.65. The molecule has 0 aliphatic carbocycles. The van der Waals surface area contributed by atoms with Crippen LogP contribution in [0.1, 0.15) is 32.8 Å². The minimum atomic E-state index is -0.221. The molecule has 0 spiro atoms. The van der Waals surface area contributed by atoms with Crippen LogP contribution in [-0.2, 0) is 5.41 Å². The van der Waals surface area contributed by atoms with Gasteiger partial charge in [-0.15, -0.1) is 0 Å². The molecule has 4 nitrogen and oxygen atoms in total. The van der Waals surface area contributed by atoms with Crippen LogP contribution >= 0.6 is 27.7 Å². The lowest BCUT2D eigenvalue weighted by molar-refractivity contribution is 0.250. The molecule has 0 aliphatic heterocycles. The minimum Gasteiger partial charge on any atom is -0.492 e. The number of amides is 2. The molecule has 3 aromatic carbocycles. The van der Waals surface area contributed by atoms with Gasteiger partial charge in [0.05, 0.1) is 16.8 Å². The van der Waals surface area contributed by atoms with Crippen LogP contribution in [0.25, 0.3) is 0 Å². The van der Waals surface area contributed by atoms with Gasteiger partial charge in [-0.25, -0.2) is 4.79 Å². The van der Waals surface area contributed by atoms with Crippen molar-refractivity contribution in [2.75, 3.05) is 18.5 Å². The summed E-state index contributed by atoms with van der Waals surface area (Å²) in [5.74, 6) is 0.814. The van der Waals surface area contributed by atoms with Gasteiger partial charge >= 0.3 is 6.03 Å². The van der Waals surface area contributed by atoms with Crippen molar-refractivity contribution in [1.29, 1.82) is 0 Å². The third-order valence-electron chi connectivity index (χ3n) is 4.77. The number of anilines is 1. The van der Waals surface area contributed by atoms with Crippen molar-refractivity contribution in [3.8, 4) is 5.75 Å². The normalized spacial score (nSPS) is 11.1. The van der Waals surface area contributed by atoms with Crippen molar-refractivity contribution in [1.82, 2.24) is 5.32 Å². The average Bonchev–Trinajstić information content (AvgIpc) is 2.76. The summed E-state index contributed by atoms with van der Waals surface area (Å²) < 4.78 is 6.82. The highest BCUT2D eigenvalue weighted by Crippen LogP contribution is 2.33. The number of urea groups is 1. The summed E-state index contributed by atoms with van der Waals surface area (Å²) in [5, 5.41) is 5.85. The van der Waals surface area contributed by atoms with Crippen molar-refractivity contribution in [2.24, 2.45) is 0 Å². The molecule has 0 fully saturated rings. The maximum absolute atomic E-state index is 12.4. The zero-order valence-corrected chi connectivity index (χ0v) is 21.1. The molecule has 3 aromatic rings. The fourth-order valence-electron chi connectivity index (χ4n) is 2.98. The number of para-hydroxylation sites is 1. The van der Waals surface area contributed by atoms with E-state index in [1.165, 1.54) is 5.56 Å². The second-order valence-corrected chi connectivity index (χ2v) is 10.4. The maximum Gasteiger partial charge on any atom is 0.319 e. The van der Waals surface area contributed by atoms with Crippen molar-refractivity contribution >= 4 is 39.4 Å². The van der Waals surface area contributed by atoms with Crippen molar-refractivity contribution in [2.45, 2.75) is 42.4 Å². The second-order valence-electron chi connectivity index (χ2n) is 8.39. The predicted molar refractivity (Wildman–Crippen MR) is 137 cm³/mol. The van der Waals surface area contributed by atoms with Crippen LogP contribution < -0.4 is 15.4 Å². The molecule has 2 amide bonds. The van der Waals surface area contributed by atoms with Gasteiger partial charge in [-0.3, -0.25) is 0 Å². The van der Waals surface area contributed by atoms with Gasteiger partial charge < -0.3 is 15.4 Å². The average molecular weight is 514 g/mol. The highest BCUT2D eigenvalue weighted by atomic mass is 79.9. The lowest BCUT2D eigenvalue weighted by atomic mass is 9.87. The van der Waals surface area contributed by atoms with E-state index in [0.29, 0.717) is 19.6 Å². The van der Waals surface area contributed by atoms with E-state index in [9.17, 15) is 4.79 Å². The zero-order valence-electron chi connectivity index (χ0n) is 18.7. The fourth-order valence-corrected chi connectivity index (χ4v) is 4.40. The molecule has 0 atom stereocenters. The summed E-state index contributed by atoms with van der Waals surface area (Å²) in [6, 6.07) is 23.9. The first-order valence-corrected chi connectivity index (χ1v) is 12.2. The summed E-state index contributed by atoms with van der Waals surface area (Å²) in [6.07, 6.45) is 0.710. The van der Waals surface area contributed by atoms with Gasteiger partial charge in [-0.05, 0) is 69.7 Å². The molecule has 0 bridgehead atoms. The van der Waals surface area contributed by atoms with Crippen LogP contribution in [0.15, 0.2) is 87.1 Å². The van der Waals surface area contributed by atoms with E-state index in [1.54, 1.807) is 11.8 Å². The number of rotatable bonds is 8. The molecule has 0 saturated heterocycles. The number of nitrogens with one attached hydrogen (secondary N) is 2. The number of hydrogen-bond donors (Lipinski definition) is 2. The van der Waals surface area contributed by atoms with Gasteiger partial charge in [-0.2, -0.15) is 0 Å². The molecule has 0 unspecified atom stereocenters. The Morgan fingerprint density at radius 2 is 1.72 bits per heavy atom. The molecule has 0 saturated carbocycles. The van der Waals surface area contributed by atoms with Crippen molar-refractivity contribution in [3.63, 3.8) is 0 Å². The Hall–Kier alpha value is -2.44. The summed E-state index contributed by atoms with van der Waals surface area (Å²) in [4.78, 5) is 14.5. The third-order valence-corrected chi connectivity index (χ3v) is 6.47. The van der Waals surface area contributed by atoms with E-state index in [2.05, 4.69) is 71.6 Å². The topological polar surface area (TPSA) is 50.4 Å². The van der Waals surface area contributed by atoms with E-state index in [-0.39, 0.29) is 11.4 Å². The van der Waals surface area contributed by atoms with Gasteiger partial charge in [0, 0.05) is 16.3 Å². The first-order chi connectivity index (χ1) is 15.3. The maximum atomic E-state index is 12.4. The van der Waals surface area contributed by atoms with Gasteiger partial charge in [0.1, 0.15) is 5.75 Å². The molecule has 3 rings (SSSR count). The van der Waals surface area contributed by atoms with Gasteiger partial charge in [0.2, 0.25) is 0 Å². The van der Waals surface area contributed by atoms with E-state index in [4.69, 9.17) is 4.74 Å². The number of hydrogen-bond acceptors (Lipinski definition) is 3. The highest BCUT2D eigenvalue weighted by Gasteiger charge is 2.15. The van der Waals surface area contributed by atoms with E-state index < -0.39 is 0 Å². The number of halogens is 1. The fraction of sp³-hybridized carbons (Fsp3) is 0.269. The second kappa shape index (κ2) is 11.4. The lowest BCUT2D eigenvalue weighted by Crippen LogP contribution is -2.30. The van der Waals surface area contributed by atoms with Crippen LogP contribution in [0, 0.1) is 0 Å². The summed E-state index contributed by atoms with van der Waals surface area (Å²) >= 11 is 5.22. The summed E-state index contributed by atoms with van der Waals surface area (Å²) in [5.41, 5.74) is 2.13. The largest absolute Gasteiger partial charge is 0.492 e. The molecule has 0 aromatic heterocycles. The highest BCUT2D eigenvalue weighted by molar-refractivity contribution is 9.10. The molecule has 32 heavy (non-hydrogen) atoms. The van der Waals surface area contributed by atoms with Crippen LogP contribution in [0.4, 0.5) is 10.5 Å². The lowest BCUT2D eigenvalue weighted by Gasteiger charge is -2.20. The Labute approximate surface area is 203 Å². The standard InChI is InChI=1S/C26H29BrN2O2S/c1-26(2,3)19-14-15-23(21(27)18-19)31-17-9-16-28-25(30)29-22-12-7-8-13-24(22)32-20-10-5-4-6-11-20/h4-8,10-15,18H,9,16-17H2,1-3H3,(H2,28,29,30). The molecule has 6 heteroatoms. The van der Waals surface area contributed by atoms with Crippen molar-refractivity contribution < 1.29 is 9.53 Å². The summed E-state index contributed by atoms with van der Waals surface area (Å²) in [6.45, 7) is 7.60. The summed E-state index contributed by atoms with van der Waals surface area (Å²) in [7, 11) is 0. The Morgan fingerprint density at radius 1 is 1.00 bits per heavy atom. The number of ether oxygens (including phenoxy) is 1. The van der Waals surface area contributed by atoms with Gasteiger partial charge in [-0.1, -0.05) is 68.9 Å². The zero-order chi connectivity index (χ0) is 23.0. The molecular formula is C26H29BrN2O2S. The smallest absolute Gasteiger partial charge is 0.319 e. The first-order valence-electron chi connectivity index (χ1n) is 10.6. The SMILES string of the molecule is CC(C)(C)c1ccc(OCCCNC(=O)Nc2ccccc2Sc2ccccc2)c(Br)c1. The number of carbonyl (C=O) groups excluding carboxylic acids is 1. The Balaban J connectivity index is 1.44. The molecule has 0 aliphatic rings. The van der Waals surface area contributed by atoms with Crippen molar-refractivity contribution in [3.05, 3.63) is 82.8 Å². The molecular weight excluding hydrogens is 484 g/mol.